The van der Waals surface area contributed by atoms with Crippen molar-refractivity contribution in [1.82, 2.24) is 4.90 Å². The average molecular weight is 315 g/mol. The third-order valence-electron chi connectivity index (χ3n) is 3.46. The number of anilines is 1. The summed E-state index contributed by atoms with van der Waals surface area (Å²) in [4.78, 5) is 2.54. The highest BCUT2D eigenvalue weighted by Crippen LogP contribution is 2.28. The molecule has 94 valence electrons. The second-order valence-electron chi connectivity index (χ2n) is 4.64. The Balaban J connectivity index is 2.11. The first kappa shape index (κ1) is 13.2. The molecule has 0 amide bonds. The third-order valence-corrected chi connectivity index (χ3v) is 5.57. The van der Waals surface area contributed by atoms with E-state index in [0.29, 0.717) is 11.3 Å². The molecule has 0 aromatic heterocycles. The van der Waals surface area contributed by atoms with E-state index < -0.39 is 0 Å². The quantitative estimate of drug-likeness (QED) is 0.849. The van der Waals surface area contributed by atoms with Gasteiger partial charge in [0.05, 0.1) is 0 Å². The summed E-state index contributed by atoms with van der Waals surface area (Å²) in [5, 5.41) is 0.712. The molecule has 1 fully saturated rings. The summed E-state index contributed by atoms with van der Waals surface area (Å²) >= 11 is 5.67. The highest BCUT2D eigenvalue weighted by atomic mass is 79.9. The molecule has 4 heteroatoms. The van der Waals surface area contributed by atoms with Crippen LogP contribution in [0.25, 0.3) is 0 Å². The first-order chi connectivity index (χ1) is 8.08. The molecule has 1 heterocycles. The van der Waals surface area contributed by atoms with Gasteiger partial charge in [-0.05, 0) is 30.7 Å². The Morgan fingerprint density at radius 2 is 2.24 bits per heavy atom. The lowest BCUT2D eigenvalue weighted by Crippen LogP contribution is -2.44. The Morgan fingerprint density at radius 3 is 3.00 bits per heavy atom. The van der Waals surface area contributed by atoms with Gasteiger partial charge in [0.25, 0.3) is 0 Å². The number of benzene rings is 1. The Kier molecular flexibility index (Phi) is 4.39. The van der Waals surface area contributed by atoms with Crippen LogP contribution in [0.15, 0.2) is 22.7 Å². The van der Waals surface area contributed by atoms with Crippen LogP contribution in [0.3, 0.4) is 0 Å². The van der Waals surface area contributed by atoms with Crippen molar-refractivity contribution in [1.29, 1.82) is 0 Å². The Labute approximate surface area is 116 Å². The van der Waals surface area contributed by atoms with Crippen molar-refractivity contribution in [3.63, 3.8) is 0 Å². The van der Waals surface area contributed by atoms with E-state index in [0.717, 1.165) is 23.2 Å². The lowest BCUT2D eigenvalue weighted by Gasteiger charge is -2.37. The Morgan fingerprint density at radius 1 is 1.47 bits per heavy atom. The van der Waals surface area contributed by atoms with Crippen molar-refractivity contribution in [3.8, 4) is 0 Å². The van der Waals surface area contributed by atoms with Crippen LogP contribution in [-0.4, -0.2) is 28.5 Å². The predicted molar refractivity (Wildman–Crippen MR) is 80.3 cm³/mol. The minimum absolute atomic E-state index is 0.627. The molecule has 0 aliphatic carbocycles. The standard InChI is InChI=1S/C13H19BrN2S/c1-9-10(2)17-6-5-16(9)8-11-7-12(15)3-4-13(11)14/h3-4,7,9-10H,5-6,8,15H2,1-2H3. The number of hydrogen-bond donors (Lipinski definition) is 1. The normalized spacial score (nSPS) is 26.1. The van der Waals surface area contributed by atoms with Crippen LogP contribution in [0.5, 0.6) is 0 Å². The minimum Gasteiger partial charge on any atom is -0.399 e. The monoisotopic (exact) mass is 314 g/mol. The largest absolute Gasteiger partial charge is 0.399 e. The van der Waals surface area contributed by atoms with E-state index in [1.165, 1.54) is 11.3 Å². The molecule has 1 aromatic rings. The van der Waals surface area contributed by atoms with E-state index in [-0.39, 0.29) is 0 Å². The smallest absolute Gasteiger partial charge is 0.0318 e. The number of rotatable bonds is 2. The fourth-order valence-electron chi connectivity index (χ4n) is 2.15. The molecule has 2 atom stereocenters. The molecule has 1 aromatic carbocycles. The highest BCUT2D eigenvalue weighted by molar-refractivity contribution is 9.10. The molecule has 2 nitrogen and oxygen atoms in total. The Hall–Kier alpha value is -0.190. The molecule has 1 saturated heterocycles. The number of nitrogens with zero attached hydrogens (tertiary/aromatic N) is 1. The molecular weight excluding hydrogens is 296 g/mol. The van der Waals surface area contributed by atoms with Gasteiger partial charge in [0.2, 0.25) is 0 Å². The maximum absolute atomic E-state index is 5.85. The summed E-state index contributed by atoms with van der Waals surface area (Å²) < 4.78 is 1.16. The highest BCUT2D eigenvalue weighted by Gasteiger charge is 2.25. The molecular formula is C13H19BrN2S. The van der Waals surface area contributed by atoms with E-state index in [1.807, 2.05) is 12.1 Å². The van der Waals surface area contributed by atoms with E-state index in [9.17, 15) is 0 Å². The van der Waals surface area contributed by atoms with Crippen LogP contribution in [0.4, 0.5) is 5.69 Å². The van der Waals surface area contributed by atoms with E-state index in [2.05, 4.69) is 52.5 Å². The predicted octanol–water partition coefficient (Wildman–Crippen LogP) is 3.36. The fourth-order valence-corrected chi connectivity index (χ4v) is 3.69. The van der Waals surface area contributed by atoms with Gasteiger partial charge in [0.15, 0.2) is 0 Å². The van der Waals surface area contributed by atoms with Gasteiger partial charge in [-0.2, -0.15) is 11.8 Å². The van der Waals surface area contributed by atoms with E-state index in [1.54, 1.807) is 0 Å². The molecule has 1 aliphatic rings. The molecule has 1 aliphatic heterocycles. The van der Waals surface area contributed by atoms with Gasteiger partial charge < -0.3 is 5.73 Å². The average Bonchev–Trinajstić information content (AvgIpc) is 2.30. The lowest BCUT2D eigenvalue weighted by atomic mass is 10.1. The zero-order valence-electron chi connectivity index (χ0n) is 10.3. The number of nitrogen functional groups attached to an aromatic ring is 1. The minimum atomic E-state index is 0.627. The van der Waals surface area contributed by atoms with Crippen molar-refractivity contribution in [3.05, 3.63) is 28.2 Å². The van der Waals surface area contributed by atoms with E-state index >= 15 is 0 Å². The summed E-state index contributed by atoms with van der Waals surface area (Å²) in [6.45, 7) is 6.78. The summed E-state index contributed by atoms with van der Waals surface area (Å²) in [5.41, 5.74) is 7.98. The Bertz CT molecular complexity index is 397. The zero-order chi connectivity index (χ0) is 12.4. The molecule has 0 bridgehead atoms. The summed E-state index contributed by atoms with van der Waals surface area (Å²) in [6, 6.07) is 6.67. The molecule has 17 heavy (non-hydrogen) atoms. The van der Waals surface area contributed by atoms with Gasteiger partial charge in [0, 0.05) is 40.3 Å². The first-order valence-electron chi connectivity index (χ1n) is 5.97. The summed E-state index contributed by atoms with van der Waals surface area (Å²) in [5.74, 6) is 1.23. The van der Waals surface area contributed by atoms with Gasteiger partial charge in [-0.15, -0.1) is 0 Å². The van der Waals surface area contributed by atoms with Gasteiger partial charge in [-0.3, -0.25) is 4.90 Å². The van der Waals surface area contributed by atoms with E-state index in [4.69, 9.17) is 5.73 Å². The molecule has 0 saturated carbocycles. The molecule has 2 N–H and O–H groups in total. The van der Waals surface area contributed by atoms with Gasteiger partial charge in [-0.1, -0.05) is 22.9 Å². The van der Waals surface area contributed by atoms with Crippen LogP contribution < -0.4 is 5.73 Å². The number of thioether (sulfide) groups is 1. The third kappa shape index (κ3) is 3.18. The zero-order valence-corrected chi connectivity index (χ0v) is 12.7. The van der Waals surface area contributed by atoms with Gasteiger partial charge in [0.1, 0.15) is 0 Å². The first-order valence-corrected chi connectivity index (χ1v) is 7.81. The number of hydrogen-bond acceptors (Lipinski definition) is 3. The summed E-state index contributed by atoms with van der Waals surface area (Å²) in [6.07, 6.45) is 0. The van der Waals surface area contributed by atoms with Crippen molar-refractivity contribution < 1.29 is 0 Å². The molecule has 2 unspecified atom stereocenters. The maximum atomic E-state index is 5.85. The van der Waals surface area contributed by atoms with Crippen LogP contribution >= 0.6 is 27.7 Å². The van der Waals surface area contributed by atoms with Crippen LogP contribution in [0.2, 0.25) is 0 Å². The molecule has 0 spiro atoms. The summed E-state index contributed by atoms with van der Waals surface area (Å²) in [7, 11) is 0. The lowest BCUT2D eigenvalue weighted by molar-refractivity contribution is 0.204. The van der Waals surface area contributed by atoms with Gasteiger partial charge in [-0.25, -0.2) is 0 Å². The van der Waals surface area contributed by atoms with Gasteiger partial charge >= 0.3 is 0 Å². The van der Waals surface area contributed by atoms with Crippen molar-refractivity contribution in [2.75, 3.05) is 18.0 Å². The van der Waals surface area contributed by atoms with Crippen LogP contribution in [-0.2, 0) is 6.54 Å². The topological polar surface area (TPSA) is 29.3 Å². The fraction of sp³-hybridized carbons (Fsp3) is 0.538. The SMILES string of the molecule is CC1SCCN(Cc2cc(N)ccc2Br)C1C. The number of nitrogens with two attached hydrogens (primary N) is 1. The maximum Gasteiger partial charge on any atom is 0.0318 e. The number of halogens is 1. The van der Waals surface area contributed by atoms with Crippen molar-refractivity contribution >= 4 is 33.4 Å². The van der Waals surface area contributed by atoms with Crippen molar-refractivity contribution in [2.45, 2.75) is 31.7 Å². The van der Waals surface area contributed by atoms with Crippen molar-refractivity contribution in [2.24, 2.45) is 0 Å². The van der Waals surface area contributed by atoms with Crippen LogP contribution in [0.1, 0.15) is 19.4 Å². The second-order valence-corrected chi connectivity index (χ2v) is 6.98. The van der Waals surface area contributed by atoms with Crippen LogP contribution in [0, 0.1) is 0 Å². The second kappa shape index (κ2) is 5.63. The molecule has 2 rings (SSSR count). The molecule has 0 radical (unpaired) electrons.